The second kappa shape index (κ2) is 10.4. The zero-order valence-corrected chi connectivity index (χ0v) is 16.9. The zero-order chi connectivity index (χ0) is 21.3. The van der Waals surface area contributed by atoms with Crippen LogP contribution in [-0.2, 0) is 22.4 Å². The molecule has 6 heteroatoms. The van der Waals surface area contributed by atoms with E-state index in [0.717, 1.165) is 34.0 Å². The largest absolute Gasteiger partial charge is 0.550 e. The molecule has 1 atom stereocenters. The molecule has 0 aromatic heterocycles. The van der Waals surface area contributed by atoms with Gasteiger partial charge in [-0.05, 0) is 28.7 Å². The van der Waals surface area contributed by atoms with Gasteiger partial charge in [-0.3, -0.25) is 14.9 Å². The first-order valence-corrected chi connectivity index (χ1v) is 10.3. The van der Waals surface area contributed by atoms with Crippen LogP contribution >= 0.6 is 11.8 Å². The number of nitrogens with one attached hydrogen (secondary N) is 1. The van der Waals surface area contributed by atoms with Crippen LogP contribution in [0.15, 0.2) is 84.9 Å². The van der Waals surface area contributed by atoms with Gasteiger partial charge in [0.15, 0.2) is 0 Å². The molecule has 0 saturated carbocycles. The number of carboxylic acid groups (broad SMARTS) is 1. The van der Waals surface area contributed by atoms with E-state index in [1.54, 1.807) is 24.3 Å². The summed E-state index contributed by atoms with van der Waals surface area (Å²) in [6.45, 7) is 0. The highest BCUT2D eigenvalue weighted by molar-refractivity contribution is 8.15. The van der Waals surface area contributed by atoms with Crippen LogP contribution in [0.25, 0.3) is 11.1 Å². The fourth-order valence-electron chi connectivity index (χ4n) is 3.01. The van der Waals surface area contributed by atoms with Crippen molar-refractivity contribution in [3.63, 3.8) is 0 Å². The van der Waals surface area contributed by atoms with E-state index in [2.05, 4.69) is 23.5 Å². The van der Waals surface area contributed by atoms with E-state index in [1.807, 2.05) is 42.5 Å². The molecule has 2 amide bonds. The Hall–Kier alpha value is -3.38. The minimum absolute atomic E-state index is 0.000833. The summed E-state index contributed by atoms with van der Waals surface area (Å²) < 4.78 is 0. The number of amides is 2. The molecule has 4 rings (SSSR count). The second-order valence-electron chi connectivity index (χ2n) is 6.69. The average Bonchev–Trinajstić information content (AvgIpc) is 3.06. The molecule has 1 saturated heterocycles. The van der Waals surface area contributed by atoms with Crippen molar-refractivity contribution in [1.29, 1.82) is 0 Å². The third-order valence-electron chi connectivity index (χ3n) is 4.41. The predicted molar refractivity (Wildman–Crippen MR) is 116 cm³/mol. The standard InChI is InChI=1S/C16H13NO2S.C8H8O2/c18-15-14(20-16(19)17-15)10-11-5-4-8-13(9-11)12-6-2-1-3-7-12;9-8(10)6-7-4-2-1-3-5-7/h1-9,14H,10H2,(H,17,18,19);1-5H,6H2,(H,9,10)/p-1. The van der Waals surface area contributed by atoms with Gasteiger partial charge >= 0.3 is 0 Å². The molecule has 0 radical (unpaired) electrons. The Balaban J connectivity index is 0.000000216. The molecular formula is C24H20NO4S-. The van der Waals surface area contributed by atoms with Gasteiger partial charge in [-0.2, -0.15) is 0 Å². The van der Waals surface area contributed by atoms with Gasteiger partial charge in [0.05, 0.1) is 5.25 Å². The lowest BCUT2D eigenvalue weighted by molar-refractivity contribution is -0.304. The topological polar surface area (TPSA) is 86.3 Å². The lowest BCUT2D eigenvalue weighted by Gasteiger charge is -2.08. The number of thioether (sulfide) groups is 1. The molecule has 0 aliphatic carbocycles. The molecule has 1 unspecified atom stereocenters. The summed E-state index contributed by atoms with van der Waals surface area (Å²) in [6, 6.07) is 27.2. The van der Waals surface area contributed by atoms with Crippen molar-refractivity contribution >= 4 is 28.9 Å². The van der Waals surface area contributed by atoms with Crippen molar-refractivity contribution in [2.45, 2.75) is 18.1 Å². The highest BCUT2D eigenvalue weighted by Crippen LogP contribution is 2.25. The van der Waals surface area contributed by atoms with Crippen molar-refractivity contribution in [1.82, 2.24) is 5.32 Å². The number of aliphatic carboxylic acids is 1. The maximum absolute atomic E-state index is 11.6. The summed E-state index contributed by atoms with van der Waals surface area (Å²) in [5.74, 6) is -1.23. The smallest absolute Gasteiger partial charge is 0.286 e. The number of hydrogen-bond donors (Lipinski definition) is 1. The maximum Gasteiger partial charge on any atom is 0.286 e. The van der Waals surface area contributed by atoms with E-state index in [9.17, 15) is 19.5 Å². The van der Waals surface area contributed by atoms with E-state index in [4.69, 9.17) is 0 Å². The number of carbonyl (C=O) groups excluding carboxylic acids is 3. The van der Waals surface area contributed by atoms with Gasteiger partial charge in [0.25, 0.3) is 5.24 Å². The highest BCUT2D eigenvalue weighted by atomic mass is 32.2. The van der Waals surface area contributed by atoms with Gasteiger partial charge < -0.3 is 9.90 Å². The summed E-state index contributed by atoms with van der Waals surface area (Å²) in [5.41, 5.74) is 4.11. The lowest BCUT2D eigenvalue weighted by atomic mass is 10.0. The molecule has 1 fully saturated rings. The minimum atomic E-state index is -1.04. The Bertz CT molecular complexity index is 1020. The molecule has 3 aromatic carbocycles. The zero-order valence-electron chi connectivity index (χ0n) is 16.1. The van der Waals surface area contributed by atoms with Crippen LogP contribution in [0.5, 0.6) is 0 Å². The van der Waals surface area contributed by atoms with Gasteiger partial charge in [0.1, 0.15) is 0 Å². The van der Waals surface area contributed by atoms with E-state index in [-0.39, 0.29) is 22.8 Å². The number of rotatable bonds is 5. The third kappa shape index (κ3) is 6.32. The fourth-order valence-corrected chi connectivity index (χ4v) is 3.87. The van der Waals surface area contributed by atoms with E-state index < -0.39 is 5.97 Å². The molecule has 5 nitrogen and oxygen atoms in total. The summed E-state index contributed by atoms with van der Waals surface area (Å²) in [5, 5.41) is 11.8. The SMILES string of the molecule is O=C([O-])Cc1ccccc1.O=C1NC(=O)C(Cc2cccc(-c3ccccc3)c2)S1. The molecule has 1 heterocycles. The van der Waals surface area contributed by atoms with Gasteiger partial charge in [-0.1, -0.05) is 96.7 Å². The lowest BCUT2D eigenvalue weighted by Crippen LogP contribution is -2.25. The van der Waals surface area contributed by atoms with Crippen molar-refractivity contribution in [3.05, 3.63) is 96.1 Å². The van der Waals surface area contributed by atoms with Crippen molar-refractivity contribution in [2.24, 2.45) is 0 Å². The summed E-state index contributed by atoms with van der Waals surface area (Å²) >= 11 is 1.07. The van der Waals surface area contributed by atoms with Crippen LogP contribution in [0, 0.1) is 0 Å². The number of benzene rings is 3. The van der Waals surface area contributed by atoms with Crippen molar-refractivity contribution in [3.8, 4) is 11.1 Å². The van der Waals surface area contributed by atoms with Crippen molar-refractivity contribution in [2.75, 3.05) is 0 Å². The molecule has 1 aliphatic heterocycles. The Morgan fingerprint density at radius 2 is 1.43 bits per heavy atom. The molecule has 30 heavy (non-hydrogen) atoms. The van der Waals surface area contributed by atoms with Gasteiger partial charge in [0.2, 0.25) is 5.91 Å². The van der Waals surface area contributed by atoms with Crippen molar-refractivity contribution < 1.29 is 19.5 Å². The Labute approximate surface area is 179 Å². The Morgan fingerprint density at radius 3 is 2.03 bits per heavy atom. The van der Waals surface area contributed by atoms with Gasteiger partial charge in [0, 0.05) is 12.4 Å². The number of imide groups is 1. The first kappa shape index (κ1) is 21.3. The Morgan fingerprint density at radius 1 is 0.833 bits per heavy atom. The maximum atomic E-state index is 11.6. The van der Waals surface area contributed by atoms with E-state index >= 15 is 0 Å². The molecule has 0 bridgehead atoms. The molecular weight excluding hydrogens is 398 g/mol. The Kier molecular flexibility index (Phi) is 7.40. The number of hydrogen-bond acceptors (Lipinski definition) is 5. The van der Waals surface area contributed by atoms with E-state index in [0.29, 0.717) is 6.42 Å². The van der Waals surface area contributed by atoms with Gasteiger partial charge in [-0.15, -0.1) is 0 Å². The summed E-state index contributed by atoms with van der Waals surface area (Å²) in [7, 11) is 0. The number of carbonyl (C=O) groups is 3. The molecule has 3 aromatic rings. The summed E-state index contributed by atoms with van der Waals surface area (Å²) in [4.78, 5) is 32.8. The third-order valence-corrected chi connectivity index (χ3v) is 5.39. The van der Waals surface area contributed by atoms with Crippen LogP contribution in [-0.4, -0.2) is 22.4 Å². The summed E-state index contributed by atoms with van der Waals surface area (Å²) in [6.07, 6.45) is 0.573. The fraction of sp³-hybridized carbons (Fsp3) is 0.125. The van der Waals surface area contributed by atoms with E-state index in [1.165, 1.54) is 0 Å². The molecule has 152 valence electrons. The monoisotopic (exact) mass is 418 g/mol. The van der Waals surface area contributed by atoms with Crippen LogP contribution in [0.4, 0.5) is 4.79 Å². The second-order valence-corrected chi connectivity index (χ2v) is 7.86. The molecule has 0 spiro atoms. The van der Waals surface area contributed by atoms with Gasteiger partial charge in [-0.25, -0.2) is 0 Å². The van der Waals surface area contributed by atoms with Crippen LogP contribution < -0.4 is 10.4 Å². The average molecular weight is 418 g/mol. The minimum Gasteiger partial charge on any atom is -0.550 e. The van der Waals surface area contributed by atoms with Crippen LogP contribution in [0.1, 0.15) is 11.1 Å². The number of carboxylic acids is 1. The highest BCUT2D eigenvalue weighted by Gasteiger charge is 2.31. The van der Waals surface area contributed by atoms with Crippen LogP contribution in [0.2, 0.25) is 0 Å². The molecule has 1 aliphatic rings. The normalized spacial score (nSPS) is 15.1. The molecule has 1 N–H and O–H groups in total. The predicted octanol–water partition coefficient (Wildman–Crippen LogP) is 3.23. The first-order chi connectivity index (χ1) is 14.5. The quantitative estimate of drug-likeness (QED) is 0.688. The first-order valence-electron chi connectivity index (χ1n) is 9.41. The van der Waals surface area contributed by atoms with Crippen LogP contribution in [0.3, 0.4) is 0 Å².